The number of carbonyl (C=O) groups excluding carboxylic acids is 1. The van der Waals surface area contributed by atoms with Gasteiger partial charge < -0.3 is 14.8 Å². The molecule has 1 saturated heterocycles. The minimum atomic E-state index is -3.06. The lowest BCUT2D eigenvalue weighted by molar-refractivity contribution is -0.124. The van der Waals surface area contributed by atoms with Gasteiger partial charge in [-0.1, -0.05) is 12.1 Å². The lowest BCUT2D eigenvalue weighted by Gasteiger charge is -2.23. The highest BCUT2D eigenvalue weighted by molar-refractivity contribution is 7.91. The molecule has 3 rings (SSSR count). The number of benzene rings is 2. The minimum Gasteiger partial charge on any atom is -0.497 e. The van der Waals surface area contributed by atoms with Crippen molar-refractivity contribution in [2.45, 2.75) is 18.9 Å². The average molecular weight is 363 g/mol. The summed E-state index contributed by atoms with van der Waals surface area (Å²) in [5, 5.41) is 4.77. The third kappa shape index (κ3) is 4.22. The van der Waals surface area contributed by atoms with E-state index in [0.29, 0.717) is 12.2 Å². The van der Waals surface area contributed by atoms with Gasteiger partial charge in [-0.05, 0) is 48.4 Å². The first kappa shape index (κ1) is 17.5. The Balaban J connectivity index is 1.63. The lowest BCUT2D eigenvalue weighted by Crippen LogP contribution is -2.48. The fourth-order valence-corrected chi connectivity index (χ4v) is 5.14. The second kappa shape index (κ2) is 6.55. The van der Waals surface area contributed by atoms with E-state index >= 15 is 0 Å². The number of sulfone groups is 1. The van der Waals surface area contributed by atoms with Crippen molar-refractivity contribution in [2.75, 3.05) is 25.2 Å². The number of rotatable bonds is 5. The van der Waals surface area contributed by atoms with Gasteiger partial charge in [-0.25, -0.2) is 8.42 Å². The average Bonchev–Trinajstić information content (AvgIpc) is 2.85. The largest absolute Gasteiger partial charge is 0.497 e. The monoisotopic (exact) mass is 363 g/mol. The molecule has 0 spiro atoms. The third-order valence-electron chi connectivity index (χ3n) is 4.33. The molecule has 0 unspecified atom stereocenters. The molecule has 0 saturated carbocycles. The highest BCUT2D eigenvalue weighted by atomic mass is 32.2. The van der Waals surface area contributed by atoms with Gasteiger partial charge in [-0.15, -0.1) is 0 Å². The van der Waals surface area contributed by atoms with Crippen LogP contribution in [0.2, 0.25) is 0 Å². The highest BCUT2D eigenvalue weighted by Gasteiger charge is 2.39. The maximum Gasteiger partial charge on any atom is 0.258 e. The van der Waals surface area contributed by atoms with Crippen molar-refractivity contribution in [2.24, 2.45) is 0 Å². The second-order valence-corrected chi connectivity index (χ2v) is 8.80. The van der Waals surface area contributed by atoms with Crippen LogP contribution in [0.3, 0.4) is 0 Å². The van der Waals surface area contributed by atoms with E-state index in [9.17, 15) is 13.2 Å². The molecule has 6 nitrogen and oxygen atoms in total. The molecule has 1 fully saturated rings. The number of fused-ring (bicyclic) bond motifs is 1. The Labute approximate surface area is 147 Å². The van der Waals surface area contributed by atoms with Crippen LogP contribution in [-0.4, -0.2) is 45.1 Å². The maximum absolute atomic E-state index is 12.1. The predicted octanol–water partition coefficient (Wildman–Crippen LogP) is 1.92. The van der Waals surface area contributed by atoms with Gasteiger partial charge in [-0.3, -0.25) is 4.79 Å². The summed E-state index contributed by atoms with van der Waals surface area (Å²) >= 11 is 0. The minimum absolute atomic E-state index is 0.0263. The van der Waals surface area contributed by atoms with Gasteiger partial charge in [0.2, 0.25) is 0 Å². The van der Waals surface area contributed by atoms with Gasteiger partial charge in [-0.2, -0.15) is 0 Å². The Morgan fingerprint density at radius 3 is 2.48 bits per heavy atom. The van der Waals surface area contributed by atoms with Gasteiger partial charge in [0.05, 0.1) is 24.2 Å². The molecule has 0 radical (unpaired) electrons. The number of methoxy groups -OCH3 is 1. The Morgan fingerprint density at radius 2 is 1.84 bits per heavy atom. The van der Waals surface area contributed by atoms with Crippen LogP contribution in [0.15, 0.2) is 36.4 Å². The Hall–Kier alpha value is -2.28. The van der Waals surface area contributed by atoms with Gasteiger partial charge in [0.15, 0.2) is 16.4 Å². The number of carbonyl (C=O) groups is 1. The summed E-state index contributed by atoms with van der Waals surface area (Å²) in [5.41, 5.74) is -0.712. The van der Waals surface area contributed by atoms with Crippen molar-refractivity contribution in [3.05, 3.63) is 36.4 Å². The van der Waals surface area contributed by atoms with Gasteiger partial charge in [0, 0.05) is 0 Å². The van der Waals surface area contributed by atoms with Crippen LogP contribution in [-0.2, 0) is 14.6 Å². The van der Waals surface area contributed by atoms with Crippen molar-refractivity contribution in [3.8, 4) is 11.5 Å². The predicted molar refractivity (Wildman–Crippen MR) is 95.8 cm³/mol. The summed E-state index contributed by atoms with van der Waals surface area (Å²) in [6, 6.07) is 11.3. The van der Waals surface area contributed by atoms with Crippen molar-refractivity contribution in [1.82, 2.24) is 5.32 Å². The molecule has 0 aromatic heterocycles. The fourth-order valence-electron chi connectivity index (χ4n) is 3.05. The van der Waals surface area contributed by atoms with Crippen molar-refractivity contribution < 1.29 is 22.7 Å². The topological polar surface area (TPSA) is 81.7 Å². The van der Waals surface area contributed by atoms with E-state index in [1.54, 1.807) is 20.1 Å². The van der Waals surface area contributed by atoms with Crippen LogP contribution >= 0.6 is 0 Å². The van der Waals surface area contributed by atoms with E-state index < -0.39 is 15.4 Å². The van der Waals surface area contributed by atoms with Crippen LogP contribution in [0.1, 0.15) is 13.3 Å². The first-order valence-electron chi connectivity index (χ1n) is 8.01. The van der Waals surface area contributed by atoms with E-state index in [-0.39, 0.29) is 24.0 Å². The molecule has 0 bridgehead atoms. The summed E-state index contributed by atoms with van der Waals surface area (Å²) in [4.78, 5) is 12.1. The molecule has 0 aliphatic carbocycles. The van der Waals surface area contributed by atoms with Crippen LogP contribution < -0.4 is 14.8 Å². The zero-order valence-corrected chi connectivity index (χ0v) is 15.1. The van der Waals surface area contributed by atoms with E-state index in [0.717, 1.165) is 16.5 Å². The molecular weight excluding hydrogens is 342 g/mol. The summed E-state index contributed by atoms with van der Waals surface area (Å²) in [6.07, 6.45) is 0.427. The normalized spacial score (nSPS) is 21.8. The molecule has 2 aromatic carbocycles. The standard InChI is InChI=1S/C18H21NO5S/c1-18(7-8-25(21,22)12-18)19-17(20)11-24-16-6-4-13-3-5-15(23-2)9-14(13)10-16/h3-6,9-10H,7-8,11-12H2,1-2H3,(H,19,20)/t18-/m0/s1. The summed E-state index contributed by atoms with van der Waals surface area (Å²) in [5.74, 6) is 1.07. The number of hydrogen-bond donors (Lipinski definition) is 1. The molecule has 1 aliphatic heterocycles. The lowest BCUT2D eigenvalue weighted by atomic mass is 10.0. The van der Waals surface area contributed by atoms with Crippen molar-refractivity contribution >= 4 is 26.5 Å². The number of hydrogen-bond acceptors (Lipinski definition) is 5. The molecule has 1 atom stereocenters. The molecule has 7 heteroatoms. The quantitative estimate of drug-likeness (QED) is 0.878. The molecule has 1 heterocycles. The maximum atomic E-state index is 12.1. The van der Waals surface area contributed by atoms with Crippen molar-refractivity contribution in [3.63, 3.8) is 0 Å². The van der Waals surface area contributed by atoms with Gasteiger partial charge in [0.25, 0.3) is 5.91 Å². The van der Waals surface area contributed by atoms with Crippen LogP contribution in [0.5, 0.6) is 11.5 Å². The molecule has 25 heavy (non-hydrogen) atoms. The SMILES string of the molecule is COc1ccc2ccc(OCC(=O)N[C@@]3(C)CCS(=O)(=O)C3)cc2c1. The van der Waals surface area contributed by atoms with Gasteiger partial charge >= 0.3 is 0 Å². The first-order valence-corrected chi connectivity index (χ1v) is 9.83. The Bertz CT molecular complexity index is 909. The smallest absolute Gasteiger partial charge is 0.258 e. The van der Waals surface area contributed by atoms with Crippen molar-refractivity contribution in [1.29, 1.82) is 0 Å². The zero-order chi connectivity index (χ0) is 18.1. The van der Waals surface area contributed by atoms with E-state index in [2.05, 4.69) is 5.32 Å². The van der Waals surface area contributed by atoms with E-state index in [1.807, 2.05) is 30.3 Å². The summed E-state index contributed by atoms with van der Waals surface area (Å²) < 4.78 is 33.9. The number of nitrogens with one attached hydrogen (secondary N) is 1. The molecule has 1 N–H and O–H groups in total. The Kier molecular flexibility index (Phi) is 4.60. The third-order valence-corrected chi connectivity index (χ3v) is 6.24. The fraction of sp³-hybridized carbons (Fsp3) is 0.389. The van der Waals surface area contributed by atoms with Crippen LogP contribution in [0.25, 0.3) is 10.8 Å². The van der Waals surface area contributed by atoms with Gasteiger partial charge in [0.1, 0.15) is 11.5 Å². The Morgan fingerprint density at radius 1 is 1.16 bits per heavy atom. The van der Waals surface area contributed by atoms with E-state index in [1.165, 1.54) is 0 Å². The molecule has 2 aromatic rings. The number of amides is 1. The molecular formula is C18H21NO5S. The zero-order valence-electron chi connectivity index (χ0n) is 14.2. The second-order valence-electron chi connectivity index (χ2n) is 6.61. The van der Waals surface area contributed by atoms with Crippen LogP contribution in [0, 0.1) is 0 Å². The first-order chi connectivity index (χ1) is 11.8. The molecule has 1 amide bonds. The number of ether oxygens (including phenoxy) is 2. The van der Waals surface area contributed by atoms with E-state index in [4.69, 9.17) is 9.47 Å². The molecule has 1 aliphatic rings. The summed E-state index contributed by atoms with van der Waals surface area (Å²) in [7, 11) is -1.46. The van der Waals surface area contributed by atoms with Crippen LogP contribution in [0.4, 0.5) is 0 Å². The summed E-state index contributed by atoms with van der Waals surface area (Å²) in [6.45, 7) is 1.59. The highest BCUT2D eigenvalue weighted by Crippen LogP contribution is 2.25. The molecule has 134 valence electrons.